The predicted molar refractivity (Wildman–Crippen MR) is 174 cm³/mol. The maximum absolute atomic E-state index is 13.8. The lowest BCUT2D eigenvalue weighted by molar-refractivity contribution is -0.143. The summed E-state index contributed by atoms with van der Waals surface area (Å²) in [6, 6.07) is 23.7. The number of anilines is 1. The van der Waals surface area contributed by atoms with E-state index in [0.717, 1.165) is 12.1 Å². The van der Waals surface area contributed by atoms with Gasteiger partial charge in [-0.2, -0.15) is 0 Å². The van der Waals surface area contributed by atoms with Gasteiger partial charge in [0.1, 0.15) is 23.4 Å². The Morgan fingerprint density at radius 1 is 0.830 bits per heavy atom. The molecule has 0 radical (unpaired) electrons. The predicted octanol–water partition coefficient (Wildman–Crippen LogP) is 5.85. The Morgan fingerprint density at radius 3 is 2.06 bits per heavy atom. The first kappa shape index (κ1) is 35.1. The molecule has 2 N–H and O–H groups in total. The van der Waals surface area contributed by atoms with Crippen LogP contribution < -0.4 is 14.8 Å². The molecule has 4 aromatic rings. The van der Waals surface area contributed by atoms with Gasteiger partial charge in [-0.1, -0.05) is 42.5 Å². The van der Waals surface area contributed by atoms with Crippen LogP contribution in [-0.4, -0.2) is 51.0 Å². The molecule has 0 heterocycles. The summed E-state index contributed by atoms with van der Waals surface area (Å²) in [7, 11) is -3.97. The lowest BCUT2D eigenvalue weighted by Crippen LogP contribution is -2.45. The SMILES string of the molecule is CC(C)OCCCNC(=O)[C@@H](c1ccccc1)N(Cc1ccc(F)cc1)C(=O)COc1ccc(S(=O)(=O)Nc2ccc(F)cc2)cc1. The van der Waals surface area contributed by atoms with Crippen molar-refractivity contribution in [2.45, 2.75) is 43.9 Å². The van der Waals surface area contributed by atoms with E-state index in [1.807, 2.05) is 13.8 Å². The van der Waals surface area contributed by atoms with Crippen molar-refractivity contribution < 1.29 is 36.3 Å². The first-order chi connectivity index (χ1) is 22.5. The molecule has 0 aliphatic rings. The van der Waals surface area contributed by atoms with Crippen LogP contribution in [0.5, 0.6) is 5.75 Å². The van der Waals surface area contributed by atoms with Crippen molar-refractivity contribution in [2.75, 3.05) is 24.5 Å². The molecule has 9 nitrogen and oxygen atoms in total. The minimum absolute atomic E-state index is 0.0157. The lowest BCUT2D eigenvalue weighted by atomic mass is 10.0. The highest BCUT2D eigenvalue weighted by Gasteiger charge is 2.32. The van der Waals surface area contributed by atoms with Crippen LogP contribution >= 0.6 is 0 Å². The number of amides is 2. The Hall–Kier alpha value is -4.81. The Morgan fingerprint density at radius 2 is 1.45 bits per heavy atom. The number of hydrogen-bond acceptors (Lipinski definition) is 6. The van der Waals surface area contributed by atoms with Gasteiger partial charge in [0, 0.05) is 25.4 Å². The number of carbonyl (C=O) groups is 2. The van der Waals surface area contributed by atoms with Crippen LogP contribution in [0.2, 0.25) is 0 Å². The maximum atomic E-state index is 13.8. The number of carbonyl (C=O) groups excluding carboxylic acids is 2. The van der Waals surface area contributed by atoms with E-state index in [-0.39, 0.29) is 29.0 Å². The highest BCUT2D eigenvalue weighted by Crippen LogP contribution is 2.25. The molecule has 2 amide bonds. The van der Waals surface area contributed by atoms with Crippen molar-refractivity contribution in [1.82, 2.24) is 10.2 Å². The van der Waals surface area contributed by atoms with Crippen molar-refractivity contribution in [1.29, 1.82) is 0 Å². The Labute approximate surface area is 273 Å². The summed E-state index contributed by atoms with van der Waals surface area (Å²) in [6.45, 7) is 4.15. The molecule has 0 fully saturated rings. The summed E-state index contributed by atoms with van der Waals surface area (Å²) in [5, 5.41) is 2.90. The van der Waals surface area contributed by atoms with Crippen molar-refractivity contribution in [3.05, 3.63) is 126 Å². The molecule has 0 saturated carbocycles. The van der Waals surface area contributed by atoms with E-state index in [4.69, 9.17) is 9.47 Å². The van der Waals surface area contributed by atoms with E-state index in [9.17, 15) is 26.8 Å². The second kappa shape index (κ2) is 16.7. The molecule has 248 valence electrons. The number of nitrogens with one attached hydrogen (secondary N) is 2. The van der Waals surface area contributed by atoms with Gasteiger partial charge in [-0.3, -0.25) is 14.3 Å². The molecule has 12 heteroatoms. The maximum Gasteiger partial charge on any atom is 0.261 e. The molecule has 0 aliphatic carbocycles. The number of nitrogens with zero attached hydrogens (tertiary/aromatic N) is 1. The minimum Gasteiger partial charge on any atom is -0.484 e. The van der Waals surface area contributed by atoms with Crippen LogP contribution in [0.4, 0.5) is 14.5 Å². The molecular formula is C35H37F2N3O6S. The molecular weight excluding hydrogens is 628 g/mol. The zero-order chi connectivity index (χ0) is 33.8. The molecule has 0 spiro atoms. The molecule has 0 aromatic heterocycles. The third-order valence-electron chi connectivity index (χ3n) is 6.93. The van der Waals surface area contributed by atoms with Crippen LogP contribution in [-0.2, 0) is 30.9 Å². The van der Waals surface area contributed by atoms with E-state index in [1.54, 1.807) is 42.5 Å². The highest BCUT2D eigenvalue weighted by atomic mass is 32.2. The minimum atomic E-state index is -3.97. The summed E-state index contributed by atoms with van der Waals surface area (Å²) in [6.07, 6.45) is 0.635. The average molecular weight is 666 g/mol. The van der Waals surface area contributed by atoms with Gasteiger partial charge in [-0.05, 0) is 92.1 Å². The van der Waals surface area contributed by atoms with Gasteiger partial charge in [0.15, 0.2) is 6.61 Å². The van der Waals surface area contributed by atoms with Crippen molar-refractivity contribution >= 4 is 27.5 Å². The summed E-state index contributed by atoms with van der Waals surface area (Å²) in [4.78, 5) is 28.8. The summed E-state index contributed by atoms with van der Waals surface area (Å²) in [5.74, 6) is -1.65. The van der Waals surface area contributed by atoms with Crippen molar-refractivity contribution in [3.8, 4) is 5.75 Å². The van der Waals surface area contributed by atoms with Crippen LogP contribution in [0.15, 0.2) is 108 Å². The van der Waals surface area contributed by atoms with Crippen molar-refractivity contribution in [3.63, 3.8) is 0 Å². The van der Waals surface area contributed by atoms with E-state index < -0.39 is 46.1 Å². The summed E-state index contributed by atoms with van der Waals surface area (Å²) < 4.78 is 66.2. The number of hydrogen-bond donors (Lipinski definition) is 2. The van der Waals surface area contributed by atoms with E-state index in [2.05, 4.69) is 10.0 Å². The van der Waals surface area contributed by atoms with Crippen molar-refractivity contribution in [2.24, 2.45) is 0 Å². The second-order valence-corrected chi connectivity index (χ2v) is 12.6. The first-order valence-electron chi connectivity index (χ1n) is 15.0. The monoisotopic (exact) mass is 665 g/mol. The number of sulfonamides is 1. The van der Waals surface area contributed by atoms with E-state index in [0.29, 0.717) is 30.7 Å². The third kappa shape index (κ3) is 10.6. The highest BCUT2D eigenvalue weighted by molar-refractivity contribution is 7.92. The third-order valence-corrected chi connectivity index (χ3v) is 8.32. The van der Waals surface area contributed by atoms with Gasteiger partial charge in [0.2, 0.25) is 5.91 Å². The molecule has 0 bridgehead atoms. The van der Waals surface area contributed by atoms with Gasteiger partial charge in [-0.15, -0.1) is 0 Å². The van der Waals surface area contributed by atoms with Crippen LogP contribution in [0.3, 0.4) is 0 Å². The Balaban J connectivity index is 1.51. The summed E-state index contributed by atoms with van der Waals surface area (Å²) >= 11 is 0. The topological polar surface area (TPSA) is 114 Å². The lowest BCUT2D eigenvalue weighted by Gasteiger charge is -2.31. The van der Waals surface area contributed by atoms with Crippen LogP contribution in [0.1, 0.15) is 37.4 Å². The zero-order valence-electron chi connectivity index (χ0n) is 26.1. The quantitative estimate of drug-likeness (QED) is 0.145. The average Bonchev–Trinajstić information content (AvgIpc) is 3.05. The van der Waals surface area contributed by atoms with E-state index >= 15 is 0 Å². The molecule has 1 atom stereocenters. The zero-order valence-corrected chi connectivity index (χ0v) is 26.9. The fraction of sp³-hybridized carbons (Fsp3) is 0.257. The number of benzene rings is 4. The van der Waals surface area contributed by atoms with Crippen LogP contribution in [0, 0.1) is 11.6 Å². The van der Waals surface area contributed by atoms with Gasteiger partial charge in [-0.25, -0.2) is 17.2 Å². The normalized spacial score (nSPS) is 11.9. The van der Waals surface area contributed by atoms with Gasteiger partial charge >= 0.3 is 0 Å². The van der Waals surface area contributed by atoms with Gasteiger partial charge in [0.25, 0.3) is 15.9 Å². The van der Waals surface area contributed by atoms with Crippen LogP contribution in [0.25, 0.3) is 0 Å². The summed E-state index contributed by atoms with van der Waals surface area (Å²) in [5.41, 5.74) is 1.36. The molecule has 0 unspecified atom stereocenters. The molecule has 47 heavy (non-hydrogen) atoms. The van der Waals surface area contributed by atoms with Gasteiger partial charge in [0.05, 0.1) is 11.0 Å². The first-order valence-corrected chi connectivity index (χ1v) is 16.5. The second-order valence-electron chi connectivity index (χ2n) is 10.9. The fourth-order valence-electron chi connectivity index (χ4n) is 4.59. The number of ether oxygens (including phenoxy) is 2. The molecule has 0 saturated heterocycles. The van der Waals surface area contributed by atoms with E-state index in [1.165, 1.54) is 53.4 Å². The Bertz CT molecular complexity index is 1700. The smallest absolute Gasteiger partial charge is 0.261 e. The largest absolute Gasteiger partial charge is 0.484 e. The molecule has 4 rings (SSSR count). The Kier molecular flexibility index (Phi) is 12.4. The van der Waals surface area contributed by atoms with Gasteiger partial charge < -0.3 is 19.7 Å². The molecule has 0 aliphatic heterocycles. The standard InChI is InChI=1S/C35H37F2N3O6S/c1-25(2)45-22-6-21-38-35(42)34(27-7-4-3-5-8-27)40(23-26-9-11-28(36)12-10-26)33(41)24-46-31-17-19-32(20-18-31)47(43,44)39-30-15-13-29(37)14-16-30/h3-5,7-20,25,34,39H,6,21-24H2,1-2H3,(H,38,42)/t34-/m1/s1. The number of rotatable bonds is 16. The number of halogens is 2. The molecule has 4 aromatic carbocycles. The fourth-order valence-corrected chi connectivity index (χ4v) is 5.65.